The maximum absolute atomic E-state index is 13.6. The number of halogens is 1. The third-order valence-corrected chi connectivity index (χ3v) is 3.51. The molecule has 0 bridgehead atoms. The molecule has 1 aromatic carbocycles. The lowest BCUT2D eigenvalue weighted by Gasteiger charge is -2.13. The van der Waals surface area contributed by atoms with Crippen molar-refractivity contribution in [3.8, 4) is 0 Å². The zero-order valence-corrected chi connectivity index (χ0v) is 12.0. The molecular formula is C15H20FN3O2. The van der Waals surface area contributed by atoms with Gasteiger partial charge in [0.1, 0.15) is 5.82 Å². The molecule has 0 saturated heterocycles. The number of nitrogens with one attached hydrogen (secondary N) is 3. The van der Waals surface area contributed by atoms with Crippen LogP contribution < -0.4 is 16.0 Å². The molecule has 0 aromatic heterocycles. The number of carbonyl (C=O) groups is 2. The number of hydrogen-bond acceptors (Lipinski definition) is 3. The van der Waals surface area contributed by atoms with E-state index in [0.717, 1.165) is 31.2 Å². The van der Waals surface area contributed by atoms with E-state index in [0.29, 0.717) is 0 Å². The summed E-state index contributed by atoms with van der Waals surface area (Å²) in [6.07, 6.45) is 4.11. The first-order valence-electron chi connectivity index (χ1n) is 7.15. The molecule has 0 radical (unpaired) electrons. The Hall–Kier alpha value is -2.11. The summed E-state index contributed by atoms with van der Waals surface area (Å²) in [5, 5.41) is 7.66. The Bertz CT molecular complexity index is 528. The van der Waals surface area contributed by atoms with Crippen molar-refractivity contribution in [3.63, 3.8) is 0 Å². The van der Waals surface area contributed by atoms with E-state index in [1.165, 1.54) is 6.07 Å². The van der Waals surface area contributed by atoms with Crippen molar-refractivity contribution in [1.29, 1.82) is 0 Å². The van der Waals surface area contributed by atoms with Gasteiger partial charge in [-0.05, 0) is 37.5 Å². The highest BCUT2D eigenvalue weighted by molar-refractivity contribution is 5.96. The monoisotopic (exact) mass is 293 g/mol. The lowest BCUT2D eigenvalue weighted by Crippen LogP contribution is -2.45. The fourth-order valence-electron chi connectivity index (χ4n) is 2.40. The number of anilines is 1. The normalized spacial score (nSPS) is 14.8. The van der Waals surface area contributed by atoms with Gasteiger partial charge in [-0.1, -0.05) is 18.9 Å². The topological polar surface area (TPSA) is 70.2 Å². The number of aryl methyl sites for hydroxylation is 1. The summed E-state index contributed by atoms with van der Waals surface area (Å²) in [6, 6.07) is 4.36. The molecule has 6 heteroatoms. The van der Waals surface area contributed by atoms with Gasteiger partial charge in [-0.15, -0.1) is 0 Å². The summed E-state index contributed by atoms with van der Waals surface area (Å²) in [4.78, 5) is 23.2. The molecule has 3 amide bonds. The Morgan fingerprint density at radius 2 is 2.00 bits per heavy atom. The van der Waals surface area contributed by atoms with E-state index in [2.05, 4.69) is 16.0 Å². The summed E-state index contributed by atoms with van der Waals surface area (Å²) < 4.78 is 13.6. The Balaban J connectivity index is 1.75. The highest BCUT2D eigenvalue weighted by atomic mass is 19.1. The molecule has 1 aliphatic rings. The minimum absolute atomic E-state index is 0.153. The number of benzene rings is 1. The van der Waals surface area contributed by atoms with Crippen LogP contribution in [0.15, 0.2) is 18.2 Å². The van der Waals surface area contributed by atoms with Crippen LogP contribution in [-0.4, -0.2) is 24.5 Å². The molecule has 114 valence electrons. The fraction of sp³-hybridized carbons (Fsp3) is 0.467. The third kappa shape index (κ3) is 4.73. The van der Waals surface area contributed by atoms with E-state index in [1.807, 2.05) is 0 Å². The lowest BCUT2D eigenvalue weighted by molar-refractivity contribution is -0.118. The summed E-state index contributed by atoms with van der Waals surface area (Å²) in [6.45, 7) is 1.63. The Morgan fingerprint density at radius 1 is 1.29 bits per heavy atom. The molecule has 3 N–H and O–H groups in total. The van der Waals surface area contributed by atoms with Crippen LogP contribution in [-0.2, 0) is 4.79 Å². The number of hydrogen-bond donors (Lipinski definition) is 3. The average Bonchev–Trinajstić information content (AvgIpc) is 2.90. The number of imide groups is 1. The second-order valence-corrected chi connectivity index (χ2v) is 5.34. The molecule has 1 fully saturated rings. The molecule has 0 aliphatic heterocycles. The number of urea groups is 1. The molecule has 0 heterocycles. The minimum Gasteiger partial charge on any atom is -0.374 e. The highest BCUT2D eigenvalue weighted by Gasteiger charge is 2.18. The van der Waals surface area contributed by atoms with E-state index in [9.17, 15) is 14.0 Å². The molecule has 0 unspecified atom stereocenters. The van der Waals surface area contributed by atoms with Crippen molar-refractivity contribution in [2.24, 2.45) is 0 Å². The number of carbonyl (C=O) groups excluding carboxylic acids is 2. The second kappa shape index (κ2) is 7.06. The van der Waals surface area contributed by atoms with E-state index in [1.54, 1.807) is 19.1 Å². The molecular weight excluding hydrogens is 273 g/mol. The number of rotatable bonds is 4. The van der Waals surface area contributed by atoms with Gasteiger partial charge in [0.15, 0.2) is 0 Å². The predicted molar refractivity (Wildman–Crippen MR) is 78.6 cm³/mol. The van der Waals surface area contributed by atoms with Gasteiger partial charge in [0, 0.05) is 6.04 Å². The highest BCUT2D eigenvalue weighted by Crippen LogP contribution is 2.17. The van der Waals surface area contributed by atoms with Crippen molar-refractivity contribution < 1.29 is 14.0 Å². The van der Waals surface area contributed by atoms with Gasteiger partial charge in [0.05, 0.1) is 12.2 Å². The third-order valence-electron chi connectivity index (χ3n) is 3.51. The van der Waals surface area contributed by atoms with Gasteiger partial charge in [-0.3, -0.25) is 10.1 Å². The summed E-state index contributed by atoms with van der Waals surface area (Å²) in [5.41, 5.74) is 1.05. The largest absolute Gasteiger partial charge is 0.374 e. The van der Waals surface area contributed by atoms with Crippen LogP contribution in [0.3, 0.4) is 0 Å². The molecule has 0 atom stereocenters. The predicted octanol–water partition coefficient (Wildman–Crippen LogP) is 2.31. The lowest BCUT2D eigenvalue weighted by atomic mass is 10.2. The SMILES string of the molecule is Cc1ccc(NCC(=O)NC(=O)NC2CCCC2)c(F)c1. The van der Waals surface area contributed by atoms with E-state index in [4.69, 9.17) is 0 Å². The first-order chi connectivity index (χ1) is 10.0. The molecule has 5 nitrogen and oxygen atoms in total. The first-order valence-corrected chi connectivity index (χ1v) is 7.15. The van der Waals surface area contributed by atoms with E-state index in [-0.39, 0.29) is 18.3 Å². The van der Waals surface area contributed by atoms with Gasteiger partial charge in [0.2, 0.25) is 5.91 Å². The Labute approximate surface area is 123 Å². The quantitative estimate of drug-likeness (QED) is 0.798. The minimum atomic E-state index is -0.495. The van der Waals surface area contributed by atoms with Crippen LogP contribution in [0.2, 0.25) is 0 Å². The number of amides is 3. The summed E-state index contributed by atoms with van der Waals surface area (Å²) in [5.74, 6) is -0.913. The van der Waals surface area contributed by atoms with Crippen molar-refractivity contribution in [2.45, 2.75) is 38.6 Å². The van der Waals surface area contributed by atoms with Crippen LogP contribution in [0.1, 0.15) is 31.2 Å². The van der Waals surface area contributed by atoms with Crippen molar-refractivity contribution in [1.82, 2.24) is 10.6 Å². The first kappa shape index (κ1) is 15.3. The summed E-state index contributed by atoms with van der Waals surface area (Å²) >= 11 is 0. The van der Waals surface area contributed by atoms with Crippen molar-refractivity contribution in [3.05, 3.63) is 29.6 Å². The second-order valence-electron chi connectivity index (χ2n) is 5.34. The van der Waals surface area contributed by atoms with Crippen molar-refractivity contribution in [2.75, 3.05) is 11.9 Å². The maximum Gasteiger partial charge on any atom is 0.321 e. The molecule has 2 rings (SSSR count). The molecule has 1 aromatic rings. The van der Waals surface area contributed by atoms with Crippen LogP contribution >= 0.6 is 0 Å². The smallest absolute Gasteiger partial charge is 0.321 e. The molecule has 1 aliphatic carbocycles. The van der Waals surface area contributed by atoms with Gasteiger partial charge < -0.3 is 10.6 Å². The van der Waals surface area contributed by atoms with Crippen LogP contribution in [0.5, 0.6) is 0 Å². The van der Waals surface area contributed by atoms with Crippen LogP contribution in [0.4, 0.5) is 14.9 Å². The molecule has 21 heavy (non-hydrogen) atoms. The average molecular weight is 293 g/mol. The van der Waals surface area contributed by atoms with Crippen LogP contribution in [0.25, 0.3) is 0 Å². The van der Waals surface area contributed by atoms with Gasteiger partial charge in [-0.25, -0.2) is 9.18 Å². The van der Waals surface area contributed by atoms with Gasteiger partial charge in [-0.2, -0.15) is 0 Å². The summed E-state index contributed by atoms with van der Waals surface area (Å²) in [7, 11) is 0. The van der Waals surface area contributed by atoms with Crippen molar-refractivity contribution >= 4 is 17.6 Å². The fourth-order valence-corrected chi connectivity index (χ4v) is 2.40. The van der Waals surface area contributed by atoms with E-state index < -0.39 is 17.8 Å². The zero-order valence-electron chi connectivity index (χ0n) is 12.0. The Kier molecular flexibility index (Phi) is 5.14. The van der Waals surface area contributed by atoms with Gasteiger partial charge >= 0.3 is 6.03 Å². The van der Waals surface area contributed by atoms with E-state index >= 15 is 0 Å². The molecule has 0 spiro atoms. The maximum atomic E-state index is 13.6. The molecule has 1 saturated carbocycles. The standard InChI is InChI=1S/C15H20FN3O2/c1-10-6-7-13(12(16)8-10)17-9-14(20)19-15(21)18-11-4-2-3-5-11/h6-8,11,17H,2-5,9H2,1H3,(H2,18,19,20,21). The van der Waals surface area contributed by atoms with Crippen LogP contribution in [0, 0.1) is 12.7 Å². The zero-order chi connectivity index (χ0) is 15.2. The van der Waals surface area contributed by atoms with Gasteiger partial charge in [0.25, 0.3) is 0 Å². The Morgan fingerprint density at radius 3 is 2.67 bits per heavy atom.